The second-order valence-electron chi connectivity index (χ2n) is 7.18. The van der Waals surface area contributed by atoms with Gasteiger partial charge >= 0.3 is 11.9 Å². The van der Waals surface area contributed by atoms with Crippen molar-refractivity contribution in [2.75, 3.05) is 13.2 Å². The molecule has 7 heteroatoms. The lowest BCUT2D eigenvalue weighted by atomic mass is 10.0. The van der Waals surface area contributed by atoms with Gasteiger partial charge in [0.25, 0.3) is 0 Å². The lowest BCUT2D eigenvalue weighted by Crippen LogP contribution is -2.85. The normalized spacial score (nSPS) is 17.8. The highest BCUT2D eigenvalue weighted by Crippen LogP contribution is 2.25. The molecule has 7 nitrogen and oxygen atoms in total. The Morgan fingerprint density at radius 3 is 2.93 bits per heavy atom. The summed E-state index contributed by atoms with van der Waals surface area (Å²) in [5, 5.41) is 1.64. The van der Waals surface area contributed by atoms with Gasteiger partial charge in [-0.3, -0.25) is 0 Å². The molecular weight excluding hydrogens is 370 g/mol. The SMILES string of the molecule is CCOC(=O)c1ccc(C2=CC(Cc3ccc4c(c3)[NH2+]C(=O)CO4)NN2)cc1C. The summed E-state index contributed by atoms with van der Waals surface area (Å²) in [4.78, 5) is 23.5. The summed E-state index contributed by atoms with van der Waals surface area (Å²) in [5.41, 5.74) is 11.9. The molecule has 2 aromatic carbocycles. The Labute approximate surface area is 169 Å². The number of aryl methyl sites for hydroxylation is 1. The molecule has 4 N–H and O–H groups in total. The van der Waals surface area contributed by atoms with E-state index in [9.17, 15) is 9.59 Å². The van der Waals surface area contributed by atoms with Gasteiger partial charge < -0.3 is 14.9 Å². The topological polar surface area (TPSA) is 93.3 Å². The maximum atomic E-state index is 12.0. The predicted octanol–water partition coefficient (Wildman–Crippen LogP) is 1.35. The van der Waals surface area contributed by atoms with Gasteiger partial charge in [0, 0.05) is 6.07 Å². The number of esters is 1. The van der Waals surface area contributed by atoms with E-state index in [0.717, 1.165) is 40.2 Å². The average Bonchev–Trinajstić information content (AvgIpc) is 3.16. The molecule has 0 spiro atoms. The number of carbonyl (C=O) groups excluding carboxylic acids is 2. The van der Waals surface area contributed by atoms with Crippen molar-refractivity contribution in [3.63, 3.8) is 0 Å². The molecule has 1 atom stereocenters. The summed E-state index contributed by atoms with van der Waals surface area (Å²) in [6.07, 6.45) is 2.90. The Bertz CT molecular complexity index is 1000. The molecule has 150 valence electrons. The van der Waals surface area contributed by atoms with Gasteiger partial charge in [-0.15, -0.1) is 0 Å². The molecule has 0 saturated heterocycles. The van der Waals surface area contributed by atoms with Gasteiger partial charge in [-0.2, -0.15) is 0 Å². The predicted molar refractivity (Wildman–Crippen MR) is 107 cm³/mol. The molecule has 29 heavy (non-hydrogen) atoms. The van der Waals surface area contributed by atoms with Crippen molar-refractivity contribution in [3.8, 4) is 5.75 Å². The van der Waals surface area contributed by atoms with Crippen LogP contribution in [-0.4, -0.2) is 31.1 Å². The molecule has 0 saturated carbocycles. The number of quaternary nitrogens is 1. The summed E-state index contributed by atoms with van der Waals surface area (Å²) in [6.45, 7) is 4.18. The molecule has 2 aliphatic rings. The number of ether oxygens (including phenoxy) is 2. The number of nitrogens with one attached hydrogen (secondary N) is 2. The molecule has 2 heterocycles. The summed E-state index contributed by atoms with van der Waals surface area (Å²) in [7, 11) is 0. The zero-order valence-corrected chi connectivity index (χ0v) is 16.5. The Balaban J connectivity index is 1.47. The lowest BCUT2D eigenvalue weighted by molar-refractivity contribution is -0.490. The van der Waals surface area contributed by atoms with E-state index in [1.807, 2.05) is 37.3 Å². The van der Waals surface area contributed by atoms with Crippen LogP contribution in [0.1, 0.15) is 34.0 Å². The minimum atomic E-state index is -0.299. The number of primary amides is 1. The van der Waals surface area contributed by atoms with Crippen molar-refractivity contribution >= 4 is 23.3 Å². The standard InChI is InChI=1S/C22H23N3O4/c1-3-28-22(27)17-6-5-15(8-13(17)2)18-11-16(24-25-18)9-14-4-7-20-19(10-14)23-21(26)12-29-20/h4-8,10-11,16,24-25H,3,9,12H2,1-2H3,(H,23,26)/p+1. The number of amides is 1. The highest BCUT2D eigenvalue weighted by atomic mass is 16.5. The fourth-order valence-corrected chi connectivity index (χ4v) is 3.59. The number of rotatable bonds is 5. The Hall–Kier alpha value is -3.16. The van der Waals surface area contributed by atoms with E-state index in [0.29, 0.717) is 12.2 Å². The first-order valence-electron chi connectivity index (χ1n) is 9.68. The van der Waals surface area contributed by atoms with E-state index < -0.39 is 0 Å². The van der Waals surface area contributed by atoms with Crippen LogP contribution < -0.4 is 20.9 Å². The second-order valence-corrected chi connectivity index (χ2v) is 7.18. The van der Waals surface area contributed by atoms with Gasteiger partial charge in [0.05, 0.1) is 23.9 Å². The maximum Gasteiger partial charge on any atom is 0.353 e. The summed E-state index contributed by atoms with van der Waals surface area (Å²) >= 11 is 0. The molecule has 0 radical (unpaired) electrons. The molecule has 1 amide bonds. The van der Waals surface area contributed by atoms with Crippen LogP contribution in [-0.2, 0) is 16.0 Å². The Morgan fingerprint density at radius 1 is 1.28 bits per heavy atom. The Kier molecular flexibility index (Phi) is 5.33. The van der Waals surface area contributed by atoms with Crippen LogP contribution in [0.4, 0.5) is 5.69 Å². The molecule has 0 fully saturated rings. The van der Waals surface area contributed by atoms with E-state index in [1.165, 1.54) is 0 Å². The molecule has 0 bridgehead atoms. The van der Waals surface area contributed by atoms with Crippen molar-refractivity contribution in [3.05, 3.63) is 64.7 Å². The van der Waals surface area contributed by atoms with Crippen LogP contribution in [0, 0.1) is 6.92 Å². The number of hydrogen-bond donors (Lipinski definition) is 3. The van der Waals surface area contributed by atoms with E-state index in [-0.39, 0.29) is 24.5 Å². The number of nitrogens with two attached hydrogens (primary N) is 1. The van der Waals surface area contributed by atoms with Crippen molar-refractivity contribution in [2.45, 2.75) is 26.3 Å². The largest absolute Gasteiger partial charge is 0.473 e. The van der Waals surface area contributed by atoms with Crippen LogP contribution in [0.25, 0.3) is 5.70 Å². The highest BCUT2D eigenvalue weighted by molar-refractivity contribution is 5.91. The zero-order valence-electron chi connectivity index (χ0n) is 16.5. The van der Waals surface area contributed by atoms with Gasteiger partial charge in [0.1, 0.15) is 0 Å². The molecule has 0 aliphatic carbocycles. The lowest BCUT2D eigenvalue weighted by Gasteiger charge is -2.15. The number of hydrogen-bond acceptors (Lipinski definition) is 6. The van der Waals surface area contributed by atoms with Crippen LogP contribution in [0.5, 0.6) is 5.75 Å². The second kappa shape index (κ2) is 8.06. The van der Waals surface area contributed by atoms with E-state index in [1.54, 1.807) is 18.3 Å². The van der Waals surface area contributed by atoms with Crippen molar-refractivity contribution in [1.29, 1.82) is 0 Å². The summed E-state index contributed by atoms with van der Waals surface area (Å²) in [5.74, 6) is 0.436. The third-order valence-electron chi connectivity index (χ3n) is 5.01. The van der Waals surface area contributed by atoms with Gasteiger partial charge in [-0.1, -0.05) is 12.1 Å². The fraction of sp³-hybridized carbons (Fsp3) is 0.273. The molecule has 2 aromatic rings. The zero-order chi connectivity index (χ0) is 20.4. The van der Waals surface area contributed by atoms with Gasteiger partial charge in [-0.25, -0.2) is 20.3 Å². The molecular formula is C22H24N3O4+. The summed E-state index contributed by atoms with van der Waals surface area (Å²) in [6, 6.07) is 11.7. The first kappa shape index (κ1) is 19.2. The first-order valence-corrected chi connectivity index (χ1v) is 9.68. The molecule has 2 aliphatic heterocycles. The number of fused-ring (bicyclic) bond motifs is 1. The van der Waals surface area contributed by atoms with Gasteiger partial charge in [-0.05, 0) is 61.2 Å². The number of benzene rings is 2. The highest BCUT2D eigenvalue weighted by Gasteiger charge is 2.23. The smallest absolute Gasteiger partial charge is 0.353 e. The Morgan fingerprint density at radius 2 is 2.14 bits per heavy atom. The van der Waals surface area contributed by atoms with E-state index in [2.05, 4.69) is 16.9 Å². The van der Waals surface area contributed by atoms with E-state index in [4.69, 9.17) is 9.47 Å². The van der Waals surface area contributed by atoms with Crippen LogP contribution in [0.2, 0.25) is 0 Å². The minimum Gasteiger partial charge on any atom is -0.473 e. The van der Waals surface area contributed by atoms with Crippen molar-refractivity contribution < 1.29 is 24.4 Å². The van der Waals surface area contributed by atoms with E-state index >= 15 is 0 Å². The third-order valence-corrected chi connectivity index (χ3v) is 5.01. The third kappa shape index (κ3) is 4.16. The van der Waals surface area contributed by atoms with Crippen LogP contribution >= 0.6 is 0 Å². The van der Waals surface area contributed by atoms with Crippen molar-refractivity contribution in [1.82, 2.24) is 10.9 Å². The first-order chi connectivity index (χ1) is 14.0. The maximum absolute atomic E-state index is 12.0. The monoisotopic (exact) mass is 394 g/mol. The summed E-state index contributed by atoms with van der Waals surface area (Å²) < 4.78 is 10.5. The van der Waals surface area contributed by atoms with Crippen LogP contribution in [0.3, 0.4) is 0 Å². The van der Waals surface area contributed by atoms with Gasteiger partial charge in [0.15, 0.2) is 11.4 Å². The number of carbonyl (C=O) groups is 2. The van der Waals surface area contributed by atoms with Crippen molar-refractivity contribution in [2.24, 2.45) is 0 Å². The fourth-order valence-electron chi connectivity index (χ4n) is 3.59. The van der Waals surface area contributed by atoms with Crippen LogP contribution in [0.15, 0.2) is 42.5 Å². The van der Waals surface area contributed by atoms with Gasteiger partial charge in [0.2, 0.25) is 6.61 Å². The quantitative estimate of drug-likeness (QED) is 0.524. The molecule has 0 aromatic heterocycles. The molecule has 4 rings (SSSR count). The average molecular weight is 394 g/mol. The number of hydrazine groups is 1. The minimum absolute atomic E-state index is 0.0147. The molecule has 1 unspecified atom stereocenters.